The molecule has 0 heterocycles. The van der Waals surface area contributed by atoms with Crippen LogP contribution in [-0.2, 0) is 9.53 Å². The summed E-state index contributed by atoms with van der Waals surface area (Å²) in [6, 6.07) is 0. The zero-order chi connectivity index (χ0) is 4.99. The normalized spacial score (nSPS) is 7.29. The molecule has 0 N–H and O–H groups in total. The first-order chi connectivity index (χ1) is 2.77. The van der Waals surface area contributed by atoms with Gasteiger partial charge in [0, 0.05) is 0 Å². The van der Waals surface area contributed by atoms with Crippen LogP contribution in [0.15, 0.2) is 0 Å². The predicted octanol–water partition coefficient (Wildman–Crippen LogP) is -2.32. The average Bonchev–Trinajstić information content (AvgIpc) is 1.35. The van der Waals surface area contributed by atoms with Crippen molar-refractivity contribution in [3.05, 3.63) is 0 Å². The Bertz CT molecular complexity index is 49.3. The molecule has 38 valence electrons. The van der Waals surface area contributed by atoms with Gasteiger partial charge in [-0.2, -0.15) is 0 Å². The molecule has 0 aliphatic heterocycles. The maximum Gasteiger partial charge on any atom is 1.00 e. The Labute approximate surface area is 67.0 Å². The van der Waals surface area contributed by atoms with Crippen molar-refractivity contribution in [1.82, 2.24) is 0 Å². The van der Waals surface area contributed by atoms with E-state index in [1.807, 2.05) is 0 Å². The van der Waals surface area contributed by atoms with E-state index < -0.39 is 0 Å². The summed E-state index contributed by atoms with van der Waals surface area (Å²) in [7, 11) is 0. The van der Waals surface area contributed by atoms with Crippen molar-refractivity contribution in [2.75, 3.05) is 0 Å². The molecule has 0 rings (SSSR count). The van der Waals surface area contributed by atoms with Crippen LogP contribution in [0.3, 0.4) is 0 Å². The van der Waals surface area contributed by atoms with Gasteiger partial charge >= 0.3 is 29.6 Å². The first-order valence-corrected chi connectivity index (χ1v) is 1.86. The number of carbonyl (C=O) groups is 1. The molecule has 0 aliphatic rings. The predicted molar refractivity (Wildman–Crippen MR) is 23.4 cm³/mol. The van der Waals surface area contributed by atoms with Crippen molar-refractivity contribution in [1.29, 1.82) is 0 Å². The number of hydrogen-bond acceptors (Lipinski definition) is 2. The fourth-order valence-corrected chi connectivity index (χ4v) is 0.111. The van der Waals surface area contributed by atoms with E-state index in [2.05, 4.69) is 4.74 Å². The molecule has 0 atom stereocenters. The molecule has 0 aromatic rings. The van der Waals surface area contributed by atoms with Crippen molar-refractivity contribution in [2.45, 2.75) is 20.0 Å². The van der Waals surface area contributed by atoms with Crippen molar-refractivity contribution < 1.29 is 40.5 Å². The van der Waals surface area contributed by atoms with Crippen LogP contribution < -0.4 is 29.6 Å². The Morgan fingerprint density at radius 1 is 1.71 bits per heavy atom. The van der Waals surface area contributed by atoms with Gasteiger partial charge in [0.1, 0.15) is 0 Å². The minimum Gasteiger partial charge on any atom is -1.00 e. The van der Waals surface area contributed by atoms with E-state index in [9.17, 15) is 4.79 Å². The van der Waals surface area contributed by atoms with Crippen LogP contribution in [0.1, 0.15) is 15.3 Å². The zero-order valence-corrected chi connectivity index (χ0v) is 6.97. The molecule has 0 aromatic heterocycles. The van der Waals surface area contributed by atoms with Crippen LogP contribution in [0.5, 0.6) is 0 Å². The van der Waals surface area contributed by atoms with E-state index in [-0.39, 0.29) is 37.1 Å². The summed E-state index contributed by atoms with van der Waals surface area (Å²) < 4.78 is 4.36. The van der Waals surface area contributed by atoms with Crippen LogP contribution in [0.25, 0.3) is 0 Å². The number of carbonyl (C=O) groups excluding carboxylic acids is 1. The van der Waals surface area contributed by atoms with Crippen LogP contribution in [-0.4, -0.2) is 12.6 Å². The fraction of sp³-hybridized carbons (Fsp3) is 0.750. The van der Waals surface area contributed by atoms with Gasteiger partial charge < -0.3 is 6.16 Å². The summed E-state index contributed by atoms with van der Waals surface area (Å²) in [5.41, 5.74) is 0. The first-order valence-electron chi connectivity index (χ1n) is 1.86. The Kier molecular flexibility index (Phi) is 9.66. The van der Waals surface area contributed by atoms with Crippen LogP contribution in [0, 0.1) is 0 Å². The van der Waals surface area contributed by atoms with Gasteiger partial charge in [-0.1, -0.05) is 0 Å². The van der Waals surface area contributed by atoms with E-state index >= 15 is 0 Å². The largest absolute Gasteiger partial charge is 1.00 e. The third-order valence-electron chi connectivity index (χ3n) is 0.328. The maximum absolute atomic E-state index is 9.39. The van der Waals surface area contributed by atoms with Gasteiger partial charge in [-0.15, -0.1) is 0 Å². The summed E-state index contributed by atoms with van der Waals surface area (Å²) in [4.78, 5) is 9.39. The minimum atomic E-state index is 0. The van der Waals surface area contributed by atoms with E-state index in [1.54, 1.807) is 13.8 Å². The topological polar surface area (TPSA) is 26.3 Å². The molecule has 3 heteroatoms. The van der Waals surface area contributed by atoms with Gasteiger partial charge in [0.05, 0.1) is 6.10 Å². The molecule has 7 heavy (non-hydrogen) atoms. The summed E-state index contributed by atoms with van der Waals surface area (Å²) in [5.74, 6) is 0. The van der Waals surface area contributed by atoms with Gasteiger partial charge in [-0.3, -0.25) is 4.79 Å². The molecular weight excluding hydrogens is 103 g/mol. The molecule has 0 saturated carbocycles. The number of rotatable bonds is 2. The molecular formula is C4H9NaO2. The van der Waals surface area contributed by atoms with Gasteiger partial charge in [0.15, 0.2) is 0 Å². The van der Waals surface area contributed by atoms with Gasteiger partial charge in [-0.25, -0.2) is 0 Å². The Balaban J connectivity index is -0.000000125. The average molecular weight is 112 g/mol. The van der Waals surface area contributed by atoms with Gasteiger partial charge in [0.2, 0.25) is 0 Å². The van der Waals surface area contributed by atoms with Crippen LogP contribution in [0.4, 0.5) is 0 Å². The standard InChI is InChI=1S/C4H8O2.Na.H/c1-4(2)6-3-5;;/h3-4H,1-2H3;;/q;+1;-1. The number of hydrogen-bond donors (Lipinski definition) is 0. The molecule has 0 aromatic carbocycles. The van der Waals surface area contributed by atoms with E-state index in [0.29, 0.717) is 6.47 Å². The van der Waals surface area contributed by atoms with Crippen LogP contribution >= 0.6 is 0 Å². The molecule has 0 fully saturated rings. The minimum absolute atomic E-state index is 0. The van der Waals surface area contributed by atoms with Crippen molar-refractivity contribution in [3.63, 3.8) is 0 Å². The smallest absolute Gasteiger partial charge is 1.00 e. The molecule has 0 spiro atoms. The number of ether oxygens (including phenoxy) is 1. The molecule has 0 aliphatic carbocycles. The van der Waals surface area contributed by atoms with Crippen molar-refractivity contribution >= 4 is 6.47 Å². The molecule has 0 unspecified atom stereocenters. The third kappa shape index (κ3) is 10.7. The Morgan fingerprint density at radius 3 is 2.14 bits per heavy atom. The molecule has 0 saturated heterocycles. The first kappa shape index (κ1) is 10.5. The van der Waals surface area contributed by atoms with Crippen molar-refractivity contribution in [2.24, 2.45) is 0 Å². The van der Waals surface area contributed by atoms with Crippen molar-refractivity contribution in [3.8, 4) is 0 Å². The second kappa shape index (κ2) is 6.47. The second-order valence-corrected chi connectivity index (χ2v) is 1.28. The summed E-state index contributed by atoms with van der Waals surface area (Å²) in [6.45, 7) is 4.05. The molecule has 0 radical (unpaired) electrons. The van der Waals surface area contributed by atoms with Crippen LogP contribution in [0.2, 0.25) is 0 Å². The molecule has 2 nitrogen and oxygen atoms in total. The quantitative estimate of drug-likeness (QED) is 0.296. The Hall–Kier alpha value is 0.470. The summed E-state index contributed by atoms with van der Waals surface area (Å²) in [5, 5.41) is 0. The molecule has 0 amide bonds. The van der Waals surface area contributed by atoms with Gasteiger partial charge in [0.25, 0.3) is 6.47 Å². The SMILES string of the molecule is CC(C)OC=O.[H-].[Na+]. The van der Waals surface area contributed by atoms with E-state index in [4.69, 9.17) is 0 Å². The molecule has 0 bridgehead atoms. The van der Waals surface area contributed by atoms with Gasteiger partial charge in [-0.05, 0) is 13.8 Å². The third-order valence-corrected chi connectivity index (χ3v) is 0.328. The fourth-order valence-electron chi connectivity index (χ4n) is 0.111. The maximum atomic E-state index is 9.39. The summed E-state index contributed by atoms with van der Waals surface area (Å²) in [6.07, 6.45) is 0.0301. The zero-order valence-electron chi connectivity index (χ0n) is 5.97. The second-order valence-electron chi connectivity index (χ2n) is 1.28. The monoisotopic (exact) mass is 112 g/mol. The Morgan fingerprint density at radius 2 is 2.14 bits per heavy atom. The van der Waals surface area contributed by atoms with E-state index in [0.717, 1.165) is 0 Å². The summed E-state index contributed by atoms with van der Waals surface area (Å²) >= 11 is 0. The van der Waals surface area contributed by atoms with E-state index in [1.165, 1.54) is 0 Å².